The fourth-order valence-electron chi connectivity index (χ4n) is 5.44. The summed E-state index contributed by atoms with van der Waals surface area (Å²) in [4.78, 5) is 31.4. The zero-order valence-corrected chi connectivity index (χ0v) is 21.3. The van der Waals surface area contributed by atoms with Crippen molar-refractivity contribution in [2.45, 2.75) is 32.6 Å². The molecular weight excluding hydrogens is 471 g/mol. The third-order valence-corrected chi connectivity index (χ3v) is 7.49. The van der Waals surface area contributed by atoms with Crippen LogP contribution in [-0.4, -0.2) is 61.1 Å². The van der Waals surface area contributed by atoms with Crippen LogP contribution in [-0.2, 0) is 27.2 Å². The molecule has 194 valence electrons. The Hall–Kier alpha value is -3.49. The number of aromatic nitrogens is 1. The summed E-state index contributed by atoms with van der Waals surface area (Å²) in [5.41, 5.74) is 6.53. The lowest BCUT2D eigenvalue weighted by Crippen LogP contribution is -2.41. The van der Waals surface area contributed by atoms with Gasteiger partial charge in [-0.25, -0.2) is 4.39 Å². The number of ether oxygens (including phenoxy) is 1. The van der Waals surface area contributed by atoms with Gasteiger partial charge in [-0.15, -0.1) is 0 Å². The van der Waals surface area contributed by atoms with Gasteiger partial charge in [0.25, 0.3) is 0 Å². The Kier molecular flexibility index (Phi) is 7.39. The fourth-order valence-corrected chi connectivity index (χ4v) is 5.44. The number of fused-ring (bicyclic) bond motifs is 1. The molecule has 2 aromatic carbocycles. The van der Waals surface area contributed by atoms with E-state index in [1.165, 1.54) is 6.07 Å². The number of carbonyl (C=O) groups excluding carboxylic acids is 2. The molecule has 2 aliphatic rings. The highest BCUT2D eigenvalue weighted by atomic mass is 19.1. The first-order valence-corrected chi connectivity index (χ1v) is 12.8. The summed E-state index contributed by atoms with van der Waals surface area (Å²) in [7, 11) is 0. The van der Waals surface area contributed by atoms with Gasteiger partial charge in [0.1, 0.15) is 5.82 Å². The summed E-state index contributed by atoms with van der Waals surface area (Å²) in [6, 6.07) is 12.2. The normalized spacial score (nSPS) is 17.5. The number of aromatic amines is 1. The minimum atomic E-state index is -0.460. The van der Waals surface area contributed by atoms with Gasteiger partial charge in [-0.1, -0.05) is 30.3 Å². The summed E-state index contributed by atoms with van der Waals surface area (Å²) >= 11 is 0. The van der Waals surface area contributed by atoms with E-state index in [0.717, 1.165) is 72.2 Å². The maximum atomic E-state index is 14.7. The molecule has 2 aliphatic heterocycles. The van der Waals surface area contributed by atoms with Crippen molar-refractivity contribution < 1.29 is 18.7 Å². The van der Waals surface area contributed by atoms with E-state index in [1.54, 1.807) is 18.2 Å². The highest BCUT2D eigenvalue weighted by Crippen LogP contribution is 2.42. The summed E-state index contributed by atoms with van der Waals surface area (Å²) in [6.45, 7) is 8.63. The number of anilines is 1. The second kappa shape index (κ2) is 10.9. The molecule has 8 heteroatoms. The molecule has 7 nitrogen and oxygen atoms in total. The van der Waals surface area contributed by atoms with E-state index >= 15 is 0 Å². The first kappa shape index (κ1) is 25.2. The average molecular weight is 505 g/mol. The van der Waals surface area contributed by atoms with Crippen molar-refractivity contribution in [1.29, 1.82) is 0 Å². The van der Waals surface area contributed by atoms with Crippen molar-refractivity contribution in [3.8, 4) is 11.1 Å². The zero-order chi connectivity index (χ0) is 25.9. The Labute approximate surface area is 216 Å². The highest BCUT2D eigenvalue weighted by Gasteiger charge is 2.34. The number of morpholine rings is 1. The lowest BCUT2D eigenvalue weighted by atomic mass is 9.87. The van der Waals surface area contributed by atoms with Crippen LogP contribution >= 0.6 is 0 Å². The lowest BCUT2D eigenvalue weighted by molar-refractivity contribution is -0.120. The van der Waals surface area contributed by atoms with Crippen LogP contribution in [0.4, 0.5) is 10.1 Å². The van der Waals surface area contributed by atoms with Gasteiger partial charge in [-0.3, -0.25) is 14.5 Å². The highest BCUT2D eigenvalue weighted by molar-refractivity contribution is 6.05. The molecule has 1 atom stereocenters. The van der Waals surface area contributed by atoms with Crippen molar-refractivity contribution in [2.24, 2.45) is 0 Å². The maximum Gasteiger partial charge on any atom is 0.232 e. The smallest absolute Gasteiger partial charge is 0.232 e. The molecule has 0 radical (unpaired) electrons. The van der Waals surface area contributed by atoms with Crippen LogP contribution in [0.2, 0.25) is 0 Å². The van der Waals surface area contributed by atoms with Crippen LogP contribution in [0.3, 0.4) is 0 Å². The van der Waals surface area contributed by atoms with Crippen LogP contribution in [0.15, 0.2) is 42.5 Å². The SMILES string of the molecule is Cc1[nH]c(CC2C(=O)Nc3cccc(-c4ccccc4F)c32)c(C)c1CC(=O)NCCN1CCOCC1. The van der Waals surface area contributed by atoms with Crippen molar-refractivity contribution in [3.05, 3.63) is 76.4 Å². The van der Waals surface area contributed by atoms with Crippen molar-refractivity contribution in [1.82, 2.24) is 15.2 Å². The largest absolute Gasteiger partial charge is 0.379 e. The van der Waals surface area contributed by atoms with Gasteiger partial charge in [0.2, 0.25) is 11.8 Å². The van der Waals surface area contributed by atoms with E-state index in [9.17, 15) is 14.0 Å². The average Bonchev–Trinajstić information content (AvgIpc) is 3.35. The van der Waals surface area contributed by atoms with Crippen molar-refractivity contribution in [3.63, 3.8) is 0 Å². The molecule has 5 rings (SSSR count). The standard InChI is InChI=1S/C29H33FN4O3/c1-18-22(17-27(35)31-10-11-34-12-14-37-15-13-34)19(2)32-26(18)16-23-28-21(20-6-3-4-8-24(20)30)7-5-9-25(28)33-29(23)36/h3-9,23,32H,10-17H2,1-2H3,(H,31,35)(H,33,36). The molecule has 0 aliphatic carbocycles. The first-order valence-electron chi connectivity index (χ1n) is 12.8. The van der Waals surface area contributed by atoms with Crippen LogP contribution < -0.4 is 10.6 Å². The first-order chi connectivity index (χ1) is 17.9. The van der Waals surface area contributed by atoms with Gasteiger partial charge < -0.3 is 20.4 Å². The fraction of sp³-hybridized carbons (Fsp3) is 0.379. The van der Waals surface area contributed by atoms with Gasteiger partial charge in [0, 0.05) is 55.2 Å². The van der Waals surface area contributed by atoms with Crippen LogP contribution in [0, 0.1) is 19.7 Å². The number of rotatable bonds is 8. The van der Waals surface area contributed by atoms with Crippen molar-refractivity contribution >= 4 is 17.5 Å². The molecule has 2 amide bonds. The number of halogens is 1. The second-order valence-corrected chi connectivity index (χ2v) is 9.81. The molecule has 37 heavy (non-hydrogen) atoms. The van der Waals surface area contributed by atoms with E-state index in [1.807, 2.05) is 32.0 Å². The number of nitrogens with one attached hydrogen (secondary N) is 3. The Morgan fingerprint density at radius 3 is 2.65 bits per heavy atom. The molecule has 0 saturated carbocycles. The van der Waals surface area contributed by atoms with Crippen LogP contribution in [0.25, 0.3) is 11.1 Å². The number of aryl methyl sites for hydroxylation is 1. The molecule has 1 unspecified atom stereocenters. The number of amides is 2. The number of hydrogen-bond donors (Lipinski definition) is 3. The van der Waals surface area contributed by atoms with E-state index in [-0.39, 0.29) is 24.1 Å². The van der Waals surface area contributed by atoms with Gasteiger partial charge in [-0.05, 0) is 48.2 Å². The third-order valence-electron chi connectivity index (χ3n) is 7.49. The predicted octanol–water partition coefficient (Wildman–Crippen LogP) is 3.71. The lowest BCUT2D eigenvalue weighted by Gasteiger charge is -2.26. The van der Waals surface area contributed by atoms with Crippen molar-refractivity contribution in [2.75, 3.05) is 44.7 Å². The molecular formula is C29H33FN4O3. The van der Waals surface area contributed by atoms with Gasteiger partial charge in [-0.2, -0.15) is 0 Å². The summed E-state index contributed by atoms with van der Waals surface area (Å²) in [5, 5.41) is 6.00. The molecule has 3 aromatic rings. The molecule has 3 heterocycles. The molecule has 3 N–H and O–H groups in total. The Bertz CT molecular complexity index is 1310. The third kappa shape index (κ3) is 5.31. The predicted molar refractivity (Wildman–Crippen MR) is 141 cm³/mol. The van der Waals surface area contributed by atoms with Crippen LogP contribution in [0.1, 0.15) is 34.0 Å². The van der Waals surface area contributed by atoms with E-state index in [4.69, 9.17) is 4.74 Å². The molecule has 0 spiro atoms. The minimum absolute atomic E-state index is 0.0178. The van der Waals surface area contributed by atoms with Gasteiger partial charge in [0.05, 0.1) is 25.6 Å². The maximum absolute atomic E-state index is 14.7. The second-order valence-electron chi connectivity index (χ2n) is 9.81. The number of carbonyl (C=O) groups is 2. The van der Waals surface area contributed by atoms with Gasteiger partial charge in [0.15, 0.2) is 0 Å². The monoisotopic (exact) mass is 504 g/mol. The minimum Gasteiger partial charge on any atom is -0.379 e. The Morgan fingerprint density at radius 1 is 1.11 bits per heavy atom. The van der Waals surface area contributed by atoms with E-state index in [0.29, 0.717) is 18.5 Å². The molecule has 1 aromatic heterocycles. The Balaban J connectivity index is 1.31. The number of H-pyrrole nitrogens is 1. The molecule has 1 fully saturated rings. The Morgan fingerprint density at radius 2 is 1.86 bits per heavy atom. The topological polar surface area (TPSA) is 86.5 Å². The summed E-state index contributed by atoms with van der Waals surface area (Å²) in [5.74, 6) is -0.899. The quantitative estimate of drug-likeness (QED) is 0.437. The zero-order valence-electron chi connectivity index (χ0n) is 21.3. The number of hydrogen-bond acceptors (Lipinski definition) is 4. The summed E-state index contributed by atoms with van der Waals surface area (Å²) in [6.07, 6.45) is 0.723. The number of nitrogens with zero attached hydrogens (tertiary/aromatic N) is 1. The molecule has 1 saturated heterocycles. The van der Waals surface area contributed by atoms with E-state index in [2.05, 4.69) is 20.5 Å². The molecule has 0 bridgehead atoms. The summed E-state index contributed by atoms with van der Waals surface area (Å²) < 4.78 is 20.0. The van der Waals surface area contributed by atoms with Crippen LogP contribution in [0.5, 0.6) is 0 Å². The van der Waals surface area contributed by atoms with Gasteiger partial charge >= 0.3 is 0 Å². The van der Waals surface area contributed by atoms with E-state index < -0.39 is 5.92 Å². The number of benzene rings is 2.